The lowest BCUT2D eigenvalue weighted by Gasteiger charge is -2.08. The molecular formula is C19H28O3. The van der Waals surface area contributed by atoms with Crippen molar-refractivity contribution in [2.75, 3.05) is 13.2 Å². The molecule has 1 atom stereocenters. The monoisotopic (exact) mass is 304 g/mol. The summed E-state index contributed by atoms with van der Waals surface area (Å²) in [6.07, 6.45) is 8.77. The van der Waals surface area contributed by atoms with Crippen LogP contribution in [-0.2, 0) is 15.9 Å². The Morgan fingerprint density at radius 2 is 1.95 bits per heavy atom. The zero-order valence-electron chi connectivity index (χ0n) is 13.9. The summed E-state index contributed by atoms with van der Waals surface area (Å²) in [4.78, 5) is 12.0. The van der Waals surface area contributed by atoms with Crippen LogP contribution in [0.1, 0.15) is 68.3 Å². The molecule has 3 nitrogen and oxygen atoms in total. The summed E-state index contributed by atoms with van der Waals surface area (Å²) < 4.78 is 10.5. The molecule has 1 aromatic rings. The van der Waals surface area contributed by atoms with E-state index in [0.717, 1.165) is 6.42 Å². The van der Waals surface area contributed by atoms with Crippen LogP contribution < -0.4 is 0 Å². The van der Waals surface area contributed by atoms with Crippen molar-refractivity contribution >= 4 is 5.97 Å². The van der Waals surface area contributed by atoms with Gasteiger partial charge in [0.05, 0.1) is 12.2 Å². The maximum Gasteiger partial charge on any atom is 0.338 e. The first-order valence-electron chi connectivity index (χ1n) is 8.53. The van der Waals surface area contributed by atoms with Crippen LogP contribution in [0.5, 0.6) is 0 Å². The van der Waals surface area contributed by atoms with Crippen LogP contribution in [0.25, 0.3) is 0 Å². The number of carbonyl (C=O) groups excluding carboxylic acids is 1. The molecule has 1 aromatic carbocycles. The summed E-state index contributed by atoms with van der Waals surface area (Å²) in [7, 11) is 0. The third-order valence-corrected chi connectivity index (χ3v) is 4.13. The standard InChI is InChI=1S/C19H28O3/c1-3-4-5-6-7-8-10-16-11-9-12-17(13-16)18(20)21-14-19(2)15-22-19/h9,11-13H,3-8,10,14-15H2,1-2H3. The number of aryl methyl sites for hydroxylation is 1. The number of hydrogen-bond donors (Lipinski definition) is 0. The molecule has 0 aromatic heterocycles. The van der Waals surface area contributed by atoms with Gasteiger partial charge in [-0.1, -0.05) is 51.2 Å². The molecule has 0 spiro atoms. The van der Waals surface area contributed by atoms with E-state index in [9.17, 15) is 4.79 Å². The predicted molar refractivity (Wildman–Crippen MR) is 88.2 cm³/mol. The molecular weight excluding hydrogens is 276 g/mol. The van der Waals surface area contributed by atoms with E-state index < -0.39 is 0 Å². The van der Waals surface area contributed by atoms with Gasteiger partial charge < -0.3 is 9.47 Å². The normalized spacial score (nSPS) is 19.9. The highest BCUT2D eigenvalue weighted by Gasteiger charge is 2.40. The number of unbranched alkanes of at least 4 members (excludes halogenated alkanes) is 5. The fraction of sp³-hybridized carbons (Fsp3) is 0.632. The molecule has 0 radical (unpaired) electrons. The Kier molecular flexibility index (Phi) is 6.44. The molecule has 0 saturated carbocycles. The van der Waals surface area contributed by atoms with E-state index in [-0.39, 0.29) is 11.6 Å². The van der Waals surface area contributed by atoms with Crippen LogP contribution in [0.2, 0.25) is 0 Å². The van der Waals surface area contributed by atoms with Crippen molar-refractivity contribution in [1.29, 1.82) is 0 Å². The minimum absolute atomic E-state index is 0.244. The van der Waals surface area contributed by atoms with Gasteiger partial charge in [-0.15, -0.1) is 0 Å². The molecule has 1 unspecified atom stereocenters. The summed E-state index contributed by atoms with van der Waals surface area (Å²) in [6.45, 7) is 5.21. The molecule has 2 rings (SSSR count). The van der Waals surface area contributed by atoms with Gasteiger partial charge in [0.25, 0.3) is 0 Å². The number of benzene rings is 1. The summed E-state index contributed by atoms with van der Waals surface area (Å²) in [5.74, 6) is -0.249. The molecule has 1 saturated heterocycles. The highest BCUT2D eigenvalue weighted by Crippen LogP contribution is 2.26. The Balaban J connectivity index is 1.73. The predicted octanol–water partition coefficient (Wildman–Crippen LogP) is 4.54. The highest BCUT2D eigenvalue weighted by atomic mass is 16.6. The Morgan fingerprint density at radius 3 is 2.68 bits per heavy atom. The number of esters is 1. The van der Waals surface area contributed by atoms with Gasteiger partial charge in [0, 0.05) is 0 Å². The molecule has 1 fully saturated rings. The van der Waals surface area contributed by atoms with Crippen molar-refractivity contribution in [2.45, 2.75) is 64.4 Å². The maximum absolute atomic E-state index is 12.0. The van der Waals surface area contributed by atoms with Gasteiger partial charge in [-0.2, -0.15) is 0 Å². The zero-order chi connectivity index (χ0) is 15.8. The van der Waals surface area contributed by atoms with Gasteiger partial charge in [0.2, 0.25) is 0 Å². The Morgan fingerprint density at radius 1 is 1.23 bits per heavy atom. The summed E-state index contributed by atoms with van der Waals surface area (Å²) >= 11 is 0. The molecule has 1 aliphatic heterocycles. The van der Waals surface area contributed by atoms with Crippen LogP contribution in [0.3, 0.4) is 0 Å². The fourth-order valence-corrected chi connectivity index (χ4v) is 2.47. The average molecular weight is 304 g/mol. The van der Waals surface area contributed by atoms with Gasteiger partial charge in [-0.25, -0.2) is 4.79 Å². The van der Waals surface area contributed by atoms with Crippen LogP contribution in [0.15, 0.2) is 24.3 Å². The second kappa shape index (κ2) is 8.33. The van der Waals surface area contributed by atoms with Crippen molar-refractivity contribution in [3.63, 3.8) is 0 Å². The number of epoxide rings is 1. The van der Waals surface area contributed by atoms with E-state index in [1.165, 1.54) is 44.1 Å². The smallest absolute Gasteiger partial charge is 0.338 e. The second-order valence-corrected chi connectivity index (χ2v) is 6.53. The molecule has 1 aliphatic rings. The minimum atomic E-state index is -0.249. The first-order valence-corrected chi connectivity index (χ1v) is 8.53. The topological polar surface area (TPSA) is 38.8 Å². The molecule has 122 valence electrons. The lowest BCUT2D eigenvalue weighted by atomic mass is 10.0. The van der Waals surface area contributed by atoms with Crippen molar-refractivity contribution < 1.29 is 14.3 Å². The lowest BCUT2D eigenvalue weighted by Crippen LogP contribution is -2.18. The lowest BCUT2D eigenvalue weighted by molar-refractivity contribution is 0.0411. The Bertz CT molecular complexity index is 477. The minimum Gasteiger partial charge on any atom is -0.459 e. The van der Waals surface area contributed by atoms with E-state index in [4.69, 9.17) is 9.47 Å². The maximum atomic E-state index is 12.0. The van der Waals surface area contributed by atoms with Crippen molar-refractivity contribution in [3.8, 4) is 0 Å². The van der Waals surface area contributed by atoms with E-state index >= 15 is 0 Å². The third kappa shape index (κ3) is 5.80. The number of carbonyl (C=O) groups is 1. The number of ether oxygens (including phenoxy) is 2. The molecule has 0 aliphatic carbocycles. The van der Waals surface area contributed by atoms with E-state index in [1.54, 1.807) is 0 Å². The van der Waals surface area contributed by atoms with Crippen LogP contribution in [-0.4, -0.2) is 24.8 Å². The highest BCUT2D eigenvalue weighted by molar-refractivity contribution is 5.89. The van der Waals surface area contributed by atoms with Gasteiger partial charge >= 0.3 is 5.97 Å². The fourth-order valence-electron chi connectivity index (χ4n) is 2.47. The molecule has 0 N–H and O–H groups in total. The van der Waals surface area contributed by atoms with Crippen molar-refractivity contribution in [3.05, 3.63) is 35.4 Å². The van der Waals surface area contributed by atoms with Crippen LogP contribution in [0.4, 0.5) is 0 Å². The third-order valence-electron chi connectivity index (χ3n) is 4.13. The van der Waals surface area contributed by atoms with E-state index in [0.29, 0.717) is 18.8 Å². The summed E-state index contributed by atoms with van der Waals surface area (Å²) in [5.41, 5.74) is 1.62. The van der Waals surface area contributed by atoms with Crippen LogP contribution >= 0.6 is 0 Å². The van der Waals surface area contributed by atoms with E-state index in [2.05, 4.69) is 13.0 Å². The van der Waals surface area contributed by atoms with Gasteiger partial charge in [0.1, 0.15) is 12.2 Å². The number of rotatable bonds is 10. The van der Waals surface area contributed by atoms with Crippen molar-refractivity contribution in [1.82, 2.24) is 0 Å². The van der Waals surface area contributed by atoms with Crippen LogP contribution in [0, 0.1) is 0 Å². The summed E-state index contributed by atoms with van der Waals surface area (Å²) in [6, 6.07) is 7.82. The van der Waals surface area contributed by atoms with Gasteiger partial charge in [-0.05, 0) is 37.5 Å². The zero-order valence-corrected chi connectivity index (χ0v) is 13.9. The van der Waals surface area contributed by atoms with Crippen molar-refractivity contribution in [2.24, 2.45) is 0 Å². The average Bonchev–Trinajstić information content (AvgIpc) is 3.27. The molecule has 22 heavy (non-hydrogen) atoms. The largest absolute Gasteiger partial charge is 0.459 e. The molecule has 0 amide bonds. The first kappa shape index (κ1) is 17.0. The first-order chi connectivity index (χ1) is 10.6. The van der Waals surface area contributed by atoms with Gasteiger partial charge in [-0.3, -0.25) is 0 Å². The Hall–Kier alpha value is -1.35. The number of hydrogen-bond acceptors (Lipinski definition) is 3. The second-order valence-electron chi connectivity index (χ2n) is 6.53. The molecule has 1 heterocycles. The Labute approximate surface area is 134 Å². The molecule has 3 heteroatoms. The quantitative estimate of drug-likeness (QED) is 0.362. The van der Waals surface area contributed by atoms with Gasteiger partial charge in [0.15, 0.2) is 0 Å². The summed E-state index contributed by atoms with van der Waals surface area (Å²) in [5, 5.41) is 0. The SMILES string of the molecule is CCCCCCCCc1cccc(C(=O)OCC2(C)CO2)c1. The molecule has 0 bridgehead atoms. The van der Waals surface area contributed by atoms with E-state index in [1.807, 2.05) is 25.1 Å².